The summed E-state index contributed by atoms with van der Waals surface area (Å²) in [6.45, 7) is 5.61. The number of hydrogen-bond acceptors (Lipinski definition) is 4. The van der Waals surface area contributed by atoms with Crippen molar-refractivity contribution in [2.24, 2.45) is 5.92 Å². The molecule has 2 saturated heterocycles. The number of amides is 1. The average Bonchev–Trinajstić information content (AvgIpc) is 3.17. The molecule has 2 aromatic carbocycles. The number of nitrogens with zero attached hydrogens (tertiary/aromatic N) is 2. The van der Waals surface area contributed by atoms with Gasteiger partial charge in [-0.05, 0) is 49.1 Å². The Morgan fingerprint density at radius 2 is 1.78 bits per heavy atom. The zero-order valence-electron chi connectivity index (χ0n) is 18.7. The topological polar surface area (TPSA) is 51.7 Å². The maximum absolute atomic E-state index is 12.8. The number of ether oxygens (including phenoxy) is 2. The summed E-state index contributed by atoms with van der Waals surface area (Å²) in [5.41, 5.74) is 3.22. The summed E-state index contributed by atoms with van der Waals surface area (Å²) < 4.78 is 12.1. The second-order valence-corrected chi connectivity index (χ2v) is 9.16. The van der Waals surface area contributed by atoms with Gasteiger partial charge in [0.05, 0.1) is 11.6 Å². The Morgan fingerprint density at radius 1 is 1.03 bits per heavy atom. The predicted octanol–water partition coefficient (Wildman–Crippen LogP) is 5.09. The van der Waals surface area contributed by atoms with Crippen molar-refractivity contribution >= 4 is 16.8 Å². The molecule has 3 atom stereocenters. The summed E-state index contributed by atoms with van der Waals surface area (Å²) >= 11 is 0. The number of fused-ring (bicyclic) bond motifs is 1. The molecule has 0 unspecified atom stereocenters. The molecule has 32 heavy (non-hydrogen) atoms. The number of likely N-dealkylation sites (tertiary alicyclic amines) is 1. The van der Waals surface area contributed by atoms with Gasteiger partial charge in [-0.3, -0.25) is 9.78 Å². The van der Waals surface area contributed by atoms with Crippen LogP contribution in [0.2, 0.25) is 0 Å². The van der Waals surface area contributed by atoms with Crippen molar-refractivity contribution in [2.45, 2.75) is 51.4 Å². The number of rotatable bonds is 4. The zero-order valence-corrected chi connectivity index (χ0v) is 18.7. The largest absolute Gasteiger partial charge is 0.490 e. The fourth-order valence-electron chi connectivity index (χ4n) is 4.91. The molecular weight excluding hydrogens is 400 g/mol. The number of benzene rings is 2. The number of carbonyl (C=O) groups is 1. The minimum absolute atomic E-state index is 0.132. The molecule has 166 valence electrons. The lowest BCUT2D eigenvalue weighted by Crippen LogP contribution is -2.47. The van der Waals surface area contributed by atoms with Gasteiger partial charge in [-0.25, -0.2) is 0 Å². The van der Waals surface area contributed by atoms with Gasteiger partial charge < -0.3 is 14.4 Å². The molecule has 0 aliphatic carbocycles. The van der Waals surface area contributed by atoms with Crippen molar-refractivity contribution in [3.05, 3.63) is 60.8 Å². The summed E-state index contributed by atoms with van der Waals surface area (Å²) in [7, 11) is 0. The van der Waals surface area contributed by atoms with Crippen molar-refractivity contribution < 1.29 is 14.3 Å². The first kappa shape index (κ1) is 21.0. The molecule has 3 aromatic rings. The molecule has 0 radical (unpaired) electrons. The summed E-state index contributed by atoms with van der Waals surface area (Å²) in [5, 5.41) is 1.14. The first-order valence-electron chi connectivity index (χ1n) is 11.6. The monoisotopic (exact) mass is 430 g/mol. The van der Waals surface area contributed by atoms with E-state index in [1.54, 1.807) is 0 Å². The van der Waals surface area contributed by atoms with Crippen LogP contribution in [-0.2, 0) is 9.53 Å². The molecule has 0 saturated carbocycles. The van der Waals surface area contributed by atoms with E-state index >= 15 is 0 Å². The third kappa shape index (κ3) is 4.35. The molecule has 0 N–H and O–H groups in total. The van der Waals surface area contributed by atoms with Crippen LogP contribution in [0.15, 0.2) is 60.8 Å². The number of aromatic nitrogens is 1. The highest BCUT2D eigenvalue weighted by Crippen LogP contribution is 2.29. The standard InChI is InChI=1S/C27H30N2O3/c1-18-15-19(2)31-26(18)27(30)29-13-11-24(12-14-29)32-23-9-7-20(8-10-23)22-16-21-5-3-4-6-25(21)28-17-22/h3-10,16-19,24,26H,11-15H2,1-2H3/t18-,19+,26+/m1/s1. The molecule has 0 bridgehead atoms. The van der Waals surface area contributed by atoms with E-state index in [9.17, 15) is 4.79 Å². The van der Waals surface area contributed by atoms with Gasteiger partial charge in [-0.2, -0.15) is 0 Å². The van der Waals surface area contributed by atoms with Crippen LogP contribution in [0.4, 0.5) is 0 Å². The Balaban J connectivity index is 1.17. The van der Waals surface area contributed by atoms with Gasteiger partial charge in [-0.15, -0.1) is 0 Å². The van der Waals surface area contributed by atoms with E-state index in [0.29, 0.717) is 5.92 Å². The van der Waals surface area contributed by atoms with E-state index < -0.39 is 0 Å². The van der Waals surface area contributed by atoms with Crippen LogP contribution in [0.25, 0.3) is 22.0 Å². The first-order chi connectivity index (χ1) is 15.6. The Labute approximate surface area is 189 Å². The first-order valence-corrected chi connectivity index (χ1v) is 11.6. The molecular formula is C27H30N2O3. The van der Waals surface area contributed by atoms with E-state index in [2.05, 4.69) is 36.2 Å². The number of pyridine rings is 1. The molecule has 2 aliphatic rings. The highest BCUT2D eigenvalue weighted by molar-refractivity contribution is 5.83. The Kier molecular flexibility index (Phi) is 5.83. The molecule has 3 heterocycles. The van der Waals surface area contributed by atoms with Crippen LogP contribution < -0.4 is 4.74 Å². The van der Waals surface area contributed by atoms with Crippen LogP contribution in [-0.4, -0.2) is 47.2 Å². The van der Waals surface area contributed by atoms with E-state index in [-0.39, 0.29) is 24.2 Å². The van der Waals surface area contributed by atoms with Crippen LogP contribution in [0, 0.1) is 5.92 Å². The third-order valence-corrected chi connectivity index (χ3v) is 6.68. The summed E-state index contributed by atoms with van der Waals surface area (Å²) in [5.74, 6) is 1.31. The summed E-state index contributed by atoms with van der Waals surface area (Å²) in [4.78, 5) is 19.3. The lowest BCUT2D eigenvalue weighted by Gasteiger charge is -2.34. The molecule has 2 fully saturated rings. The zero-order chi connectivity index (χ0) is 22.1. The molecule has 1 amide bonds. The van der Waals surface area contributed by atoms with Crippen molar-refractivity contribution in [3.8, 4) is 16.9 Å². The molecule has 5 heteroatoms. The minimum atomic E-state index is -0.278. The Hall–Kier alpha value is -2.92. The lowest BCUT2D eigenvalue weighted by atomic mass is 9.99. The summed E-state index contributed by atoms with van der Waals surface area (Å²) in [6, 6.07) is 18.5. The number of carbonyl (C=O) groups excluding carboxylic acids is 1. The maximum Gasteiger partial charge on any atom is 0.251 e. The van der Waals surface area contributed by atoms with Crippen molar-refractivity contribution in [2.75, 3.05) is 13.1 Å². The minimum Gasteiger partial charge on any atom is -0.490 e. The van der Waals surface area contributed by atoms with Crippen LogP contribution in [0.1, 0.15) is 33.1 Å². The van der Waals surface area contributed by atoms with Gasteiger partial charge in [0.1, 0.15) is 18.0 Å². The number of hydrogen-bond donors (Lipinski definition) is 0. The van der Waals surface area contributed by atoms with E-state index in [1.165, 1.54) is 0 Å². The molecule has 5 nitrogen and oxygen atoms in total. The average molecular weight is 431 g/mol. The summed E-state index contributed by atoms with van der Waals surface area (Å²) in [6.07, 6.45) is 4.60. The fourth-order valence-corrected chi connectivity index (χ4v) is 4.91. The third-order valence-electron chi connectivity index (χ3n) is 6.68. The van der Waals surface area contributed by atoms with Crippen LogP contribution in [0.3, 0.4) is 0 Å². The SMILES string of the molecule is C[C@@H]1C[C@H](C)O[C@@H]1C(=O)N1CCC(Oc2ccc(-c3cnc4ccccc4c3)cc2)CC1. The normalized spacial score (nSPS) is 24.1. The molecule has 2 aliphatic heterocycles. The van der Waals surface area contributed by atoms with E-state index in [1.807, 2.05) is 48.4 Å². The van der Waals surface area contributed by atoms with Crippen LogP contribution in [0.5, 0.6) is 5.75 Å². The predicted molar refractivity (Wildman–Crippen MR) is 126 cm³/mol. The van der Waals surface area contributed by atoms with Gasteiger partial charge in [0.25, 0.3) is 5.91 Å². The van der Waals surface area contributed by atoms with Crippen molar-refractivity contribution in [1.29, 1.82) is 0 Å². The second-order valence-electron chi connectivity index (χ2n) is 9.16. The van der Waals surface area contributed by atoms with Crippen molar-refractivity contribution in [1.82, 2.24) is 9.88 Å². The van der Waals surface area contributed by atoms with Gasteiger partial charge in [0, 0.05) is 43.1 Å². The Bertz CT molecular complexity index is 1090. The quantitative estimate of drug-likeness (QED) is 0.579. The van der Waals surface area contributed by atoms with Gasteiger partial charge in [0.2, 0.25) is 0 Å². The second kappa shape index (κ2) is 8.91. The van der Waals surface area contributed by atoms with Gasteiger partial charge in [0.15, 0.2) is 0 Å². The molecule has 0 spiro atoms. The van der Waals surface area contributed by atoms with Gasteiger partial charge in [-0.1, -0.05) is 37.3 Å². The van der Waals surface area contributed by atoms with E-state index in [0.717, 1.165) is 60.1 Å². The smallest absolute Gasteiger partial charge is 0.251 e. The maximum atomic E-state index is 12.8. The van der Waals surface area contributed by atoms with Gasteiger partial charge >= 0.3 is 0 Å². The highest BCUT2D eigenvalue weighted by Gasteiger charge is 2.38. The van der Waals surface area contributed by atoms with Crippen LogP contribution >= 0.6 is 0 Å². The highest BCUT2D eigenvalue weighted by atomic mass is 16.5. The van der Waals surface area contributed by atoms with E-state index in [4.69, 9.17) is 9.47 Å². The lowest BCUT2D eigenvalue weighted by molar-refractivity contribution is -0.146. The number of piperidine rings is 1. The van der Waals surface area contributed by atoms with Crippen molar-refractivity contribution in [3.63, 3.8) is 0 Å². The fraction of sp³-hybridized carbons (Fsp3) is 0.407. The molecule has 1 aromatic heterocycles. The Morgan fingerprint density at radius 3 is 2.50 bits per heavy atom. The number of para-hydroxylation sites is 1. The molecule has 5 rings (SSSR count).